The molecule has 88 valence electrons. The van der Waals surface area contributed by atoms with Gasteiger partial charge in [0.05, 0.1) is 0 Å². The van der Waals surface area contributed by atoms with Crippen LogP contribution in [0.4, 0.5) is 0 Å². The lowest BCUT2D eigenvalue weighted by atomic mass is 10.0. The third-order valence-corrected chi connectivity index (χ3v) is 3.06. The van der Waals surface area contributed by atoms with Crippen molar-refractivity contribution in [2.75, 3.05) is 0 Å². The number of rotatable bonds is 5. The molecule has 3 heteroatoms. The van der Waals surface area contributed by atoms with Gasteiger partial charge in [0.1, 0.15) is 5.78 Å². The molecule has 0 saturated heterocycles. The maximum atomic E-state index is 11.6. The van der Waals surface area contributed by atoms with Crippen molar-refractivity contribution in [3.8, 4) is 0 Å². The van der Waals surface area contributed by atoms with Crippen LogP contribution < -0.4 is 0 Å². The predicted molar refractivity (Wildman–Crippen MR) is 69.2 cm³/mol. The van der Waals surface area contributed by atoms with E-state index in [2.05, 4.69) is 0 Å². The largest absolute Gasteiger partial charge is 0.300 e. The molecule has 0 atom stereocenters. The quantitative estimate of drug-likeness (QED) is 0.758. The van der Waals surface area contributed by atoms with Crippen molar-refractivity contribution in [2.24, 2.45) is 5.92 Å². The number of ketones is 1. The van der Waals surface area contributed by atoms with Crippen LogP contribution in [0.1, 0.15) is 32.3 Å². The summed E-state index contributed by atoms with van der Waals surface area (Å²) in [4.78, 5) is 11.6. The number of Topliss-reactive ketones (excluding diaryl/α,β-unsaturated/α-hetero) is 1. The summed E-state index contributed by atoms with van der Waals surface area (Å²) >= 11 is 12.0. The van der Waals surface area contributed by atoms with E-state index in [1.165, 1.54) is 0 Å². The molecule has 0 N–H and O–H groups in total. The molecule has 0 heterocycles. The molecule has 1 aromatic rings. The van der Waals surface area contributed by atoms with Crippen molar-refractivity contribution in [3.63, 3.8) is 0 Å². The Hall–Kier alpha value is -0.530. The number of halogens is 2. The Labute approximate surface area is 107 Å². The van der Waals surface area contributed by atoms with Gasteiger partial charge in [0, 0.05) is 22.9 Å². The first-order valence-corrected chi connectivity index (χ1v) is 6.21. The maximum absolute atomic E-state index is 11.6. The lowest BCUT2D eigenvalue weighted by molar-refractivity contribution is -0.119. The van der Waals surface area contributed by atoms with E-state index in [-0.39, 0.29) is 5.78 Å². The zero-order chi connectivity index (χ0) is 12.1. The summed E-state index contributed by atoms with van der Waals surface area (Å²) in [6, 6.07) is 5.41. The van der Waals surface area contributed by atoms with E-state index in [0.29, 0.717) is 35.2 Å². The summed E-state index contributed by atoms with van der Waals surface area (Å²) in [5.74, 6) is 0.681. The Morgan fingerprint density at radius 3 is 2.31 bits per heavy atom. The molecule has 0 aliphatic heterocycles. The Morgan fingerprint density at radius 2 is 1.81 bits per heavy atom. The molecule has 0 radical (unpaired) electrons. The summed E-state index contributed by atoms with van der Waals surface area (Å²) in [7, 11) is 0. The van der Waals surface area contributed by atoms with Crippen molar-refractivity contribution in [3.05, 3.63) is 33.8 Å². The van der Waals surface area contributed by atoms with Gasteiger partial charge in [-0.1, -0.05) is 43.1 Å². The van der Waals surface area contributed by atoms with E-state index in [0.717, 1.165) is 5.56 Å². The fourth-order valence-electron chi connectivity index (χ4n) is 1.59. The van der Waals surface area contributed by atoms with Crippen LogP contribution >= 0.6 is 23.2 Å². The molecule has 0 spiro atoms. The average molecular weight is 259 g/mol. The Kier molecular flexibility index (Phi) is 5.30. The second-order valence-electron chi connectivity index (χ2n) is 4.34. The van der Waals surface area contributed by atoms with Gasteiger partial charge in [-0.2, -0.15) is 0 Å². The topological polar surface area (TPSA) is 17.1 Å². The molecule has 0 saturated carbocycles. The van der Waals surface area contributed by atoms with E-state index in [1.54, 1.807) is 12.1 Å². The minimum absolute atomic E-state index is 0.269. The molecule has 1 nitrogen and oxygen atoms in total. The molecule has 0 amide bonds. The third-order valence-electron chi connectivity index (χ3n) is 2.35. The van der Waals surface area contributed by atoms with Crippen LogP contribution in [0, 0.1) is 5.92 Å². The molecule has 0 unspecified atom stereocenters. The highest BCUT2D eigenvalue weighted by atomic mass is 35.5. The van der Waals surface area contributed by atoms with E-state index in [1.807, 2.05) is 19.9 Å². The molecule has 1 rings (SSSR count). The highest BCUT2D eigenvalue weighted by Gasteiger charge is 2.09. The average Bonchev–Trinajstić information content (AvgIpc) is 2.15. The summed E-state index contributed by atoms with van der Waals surface area (Å²) in [6.45, 7) is 4.08. The minimum Gasteiger partial charge on any atom is -0.300 e. The van der Waals surface area contributed by atoms with Gasteiger partial charge >= 0.3 is 0 Å². The molecule has 1 aromatic carbocycles. The van der Waals surface area contributed by atoms with Crippen molar-refractivity contribution in [1.29, 1.82) is 0 Å². The van der Waals surface area contributed by atoms with Gasteiger partial charge in [-0.15, -0.1) is 0 Å². The molecular formula is C13H16Cl2O. The highest BCUT2D eigenvalue weighted by Crippen LogP contribution is 2.25. The number of carbonyl (C=O) groups excluding carboxylic acids is 1. The van der Waals surface area contributed by atoms with Crippen LogP contribution in [0.2, 0.25) is 10.0 Å². The van der Waals surface area contributed by atoms with Gasteiger partial charge in [0.25, 0.3) is 0 Å². The van der Waals surface area contributed by atoms with Gasteiger partial charge in [0.2, 0.25) is 0 Å². The van der Waals surface area contributed by atoms with Gasteiger partial charge in [-0.3, -0.25) is 4.79 Å². The van der Waals surface area contributed by atoms with E-state index >= 15 is 0 Å². The molecule has 0 aliphatic carbocycles. The minimum atomic E-state index is 0.269. The predicted octanol–water partition coefficient (Wildman–Crippen LogP) is 4.54. The number of hydrogen-bond donors (Lipinski definition) is 0. The van der Waals surface area contributed by atoms with Crippen LogP contribution in [0.5, 0.6) is 0 Å². The van der Waals surface area contributed by atoms with Crippen molar-refractivity contribution in [2.45, 2.75) is 33.1 Å². The summed E-state index contributed by atoms with van der Waals surface area (Å²) < 4.78 is 0. The second kappa shape index (κ2) is 6.27. The standard InChI is InChI=1S/C13H16Cl2O/c1-9(2)8-10(16)6-7-11-12(14)4-3-5-13(11)15/h3-5,9H,6-8H2,1-2H3. The second-order valence-corrected chi connectivity index (χ2v) is 5.15. The van der Waals surface area contributed by atoms with Crippen LogP contribution in [-0.4, -0.2) is 5.78 Å². The molecule has 0 aliphatic rings. The zero-order valence-electron chi connectivity index (χ0n) is 9.59. The zero-order valence-corrected chi connectivity index (χ0v) is 11.1. The van der Waals surface area contributed by atoms with Crippen LogP contribution in [0.3, 0.4) is 0 Å². The summed E-state index contributed by atoms with van der Waals surface area (Å²) in [6.07, 6.45) is 1.77. The van der Waals surface area contributed by atoms with Gasteiger partial charge in [-0.05, 0) is 30.0 Å². The molecule has 0 bridgehead atoms. The lowest BCUT2D eigenvalue weighted by Crippen LogP contribution is -2.04. The Balaban J connectivity index is 2.58. The van der Waals surface area contributed by atoms with E-state index in [9.17, 15) is 4.79 Å². The molecular weight excluding hydrogens is 243 g/mol. The van der Waals surface area contributed by atoms with Crippen molar-refractivity contribution >= 4 is 29.0 Å². The van der Waals surface area contributed by atoms with Crippen LogP contribution in [0.15, 0.2) is 18.2 Å². The summed E-state index contributed by atoms with van der Waals surface area (Å²) in [5, 5.41) is 1.29. The van der Waals surface area contributed by atoms with Gasteiger partial charge in [-0.25, -0.2) is 0 Å². The van der Waals surface area contributed by atoms with E-state index in [4.69, 9.17) is 23.2 Å². The highest BCUT2D eigenvalue weighted by molar-refractivity contribution is 6.36. The van der Waals surface area contributed by atoms with Crippen molar-refractivity contribution < 1.29 is 4.79 Å². The SMILES string of the molecule is CC(C)CC(=O)CCc1c(Cl)cccc1Cl. The number of benzene rings is 1. The van der Waals surface area contributed by atoms with Crippen LogP contribution in [-0.2, 0) is 11.2 Å². The first-order chi connectivity index (χ1) is 7.50. The normalized spacial score (nSPS) is 10.8. The fourth-order valence-corrected chi connectivity index (χ4v) is 2.18. The number of carbonyl (C=O) groups is 1. The fraction of sp³-hybridized carbons (Fsp3) is 0.462. The van der Waals surface area contributed by atoms with Gasteiger partial charge < -0.3 is 0 Å². The van der Waals surface area contributed by atoms with Crippen molar-refractivity contribution in [1.82, 2.24) is 0 Å². The maximum Gasteiger partial charge on any atom is 0.133 e. The van der Waals surface area contributed by atoms with Gasteiger partial charge in [0.15, 0.2) is 0 Å². The first kappa shape index (κ1) is 13.5. The Morgan fingerprint density at radius 1 is 1.25 bits per heavy atom. The molecule has 0 fully saturated rings. The third kappa shape index (κ3) is 4.15. The first-order valence-electron chi connectivity index (χ1n) is 5.45. The summed E-state index contributed by atoms with van der Waals surface area (Å²) in [5.41, 5.74) is 0.878. The monoisotopic (exact) mass is 258 g/mol. The molecule has 0 aromatic heterocycles. The molecule has 16 heavy (non-hydrogen) atoms. The number of hydrogen-bond acceptors (Lipinski definition) is 1. The van der Waals surface area contributed by atoms with Crippen LogP contribution in [0.25, 0.3) is 0 Å². The van der Waals surface area contributed by atoms with E-state index < -0.39 is 0 Å². The lowest BCUT2D eigenvalue weighted by Gasteiger charge is -2.07. The smallest absolute Gasteiger partial charge is 0.133 e. The Bertz CT molecular complexity index is 352.